The molecule has 1 aromatic carbocycles. The van der Waals surface area contributed by atoms with Gasteiger partial charge in [-0.15, -0.1) is 0 Å². The Kier molecular flexibility index (Phi) is 6.22. The van der Waals surface area contributed by atoms with Crippen LogP contribution in [0, 0.1) is 5.92 Å². The average molecular weight is 408 g/mol. The van der Waals surface area contributed by atoms with Crippen LogP contribution in [0.25, 0.3) is 0 Å². The van der Waals surface area contributed by atoms with Gasteiger partial charge in [0.1, 0.15) is 0 Å². The molecule has 0 aliphatic carbocycles. The van der Waals surface area contributed by atoms with Crippen molar-refractivity contribution in [2.75, 3.05) is 31.5 Å². The van der Waals surface area contributed by atoms with E-state index in [4.69, 9.17) is 0 Å². The van der Waals surface area contributed by atoms with Crippen LogP contribution in [0.2, 0.25) is 0 Å². The van der Waals surface area contributed by atoms with Crippen molar-refractivity contribution in [3.8, 4) is 0 Å². The van der Waals surface area contributed by atoms with E-state index < -0.39 is 3.93 Å². The molecule has 1 atom stereocenters. The zero-order valence-electron chi connectivity index (χ0n) is 12.4. The van der Waals surface area contributed by atoms with Gasteiger partial charge >= 0.3 is 3.93 Å². The second-order valence-corrected chi connectivity index (χ2v) is 7.54. The molecule has 0 aromatic heterocycles. The van der Waals surface area contributed by atoms with E-state index in [1.807, 2.05) is 12.1 Å². The molecule has 1 saturated heterocycles. The van der Waals surface area contributed by atoms with Crippen LogP contribution in [0.1, 0.15) is 25.3 Å². The molecule has 21 heavy (non-hydrogen) atoms. The quantitative estimate of drug-likeness (QED) is 0.555. The van der Waals surface area contributed by atoms with Gasteiger partial charge in [0, 0.05) is 31.7 Å². The average Bonchev–Trinajstić information content (AvgIpc) is 2.39. The highest BCUT2D eigenvalue weighted by Gasteiger charge is 2.23. The molecule has 0 amide bonds. The molecule has 0 unspecified atom stereocenters. The van der Waals surface area contributed by atoms with E-state index in [0.29, 0.717) is 5.56 Å². The minimum absolute atomic E-state index is 0.209. The second kappa shape index (κ2) is 7.72. The van der Waals surface area contributed by atoms with Crippen LogP contribution >= 0.6 is 22.6 Å². The zero-order chi connectivity index (χ0) is 15.3. The van der Waals surface area contributed by atoms with Gasteiger partial charge in [-0.2, -0.15) is 8.78 Å². The Morgan fingerprint density at radius 2 is 2.05 bits per heavy atom. The molecule has 5 heteroatoms. The van der Waals surface area contributed by atoms with Gasteiger partial charge in [0.25, 0.3) is 0 Å². The first kappa shape index (κ1) is 16.9. The first-order chi connectivity index (χ1) is 9.92. The zero-order valence-corrected chi connectivity index (χ0v) is 14.6. The molecule has 2 rings (SSSR count). The topological polar surface area (TPSA) is 15.3 Å². The number of hydrogen-bond acceptors (Lipinski definition) is 2. The first-order valence-electron chi connectivity index (χ1n) is 7.54. The summed E-state index contributed by atoms with van der Waals surface area (Å²) in [4.78, 5) is 2.49. The van der Waals surface area contributed by atoms with Crippen LogP contribution in [0.15, 0.2) is 24.3 Å². The summed E-state index contributed by atoms with van der Waals surface area (Å²) in [5, 5.41) is 3.37. The Morgan fingerprint density at radius 1 is 1.33 bits per heavy atom. The molecule has 0 bridgehead atoms. The fourth-order valence-electron chi connectivity index (χ4n) is 2.82. The lowest BCUT2D eigenvalue weighted by atomic mass is 10.0. The smallest absolute Gasteiger partial charge is 0.300 e. The van der Waals surface area contributed by atoms with Crippen molar-refractivity contribution < 1.29 is 8.78 Å². The Labute approximate surface area is 139 Å². The third kappa shape index (κ3) is 6.46. The number of hydrogen-bond donors (Lipinski definition) is 1. The van der Waals surface area contributed by atoms with E-state index in [-0.39, 0.29) is 6.42 Å². The van der Waals surface area contributed by atoms with Crippen LogP contribution in [-0.4, -0.2) is 35.0 Å². The van der Waals surface area contributed by atoms with Crippen LogP contribution in [0.3, 0.4) is 0 Å². The molecule has 1 fully saturated rings. The molecule has 1 aliphatic heterocycles. The fraction of sp³-hybridized carbons (Fsp3) is 0.625. The lowest BCUT2D eigenvalue weighted by Crippen LogP contribution is -2.37. The number of benzene rings is 1. The normalized spacial score (nSPS) is 20.5. The standard InChI is InChI=1S/C16H23F2IN2/c1-13-3-2-9-21(12-13)10-8-20-15-6-4-14(5-7-15)11-16(17,18)19/h4-7,13,20H,2-3,8-12H2,1H3/t13-/m1/s1. The van der Waals surface area contributed by atoms with Gasteiger partial charge in [-0.05, 0) is 65.6 Å². The van der Waals surface area contributed by atoms with Crippen LogP contribution in [0.4, 0.5) is 14.5 Å². The first-order valence-corrected chi connectivity index (χ1v) is 8.62. The molecular formula is C16H23F2IN2. The molecule has 1 aliphatic rings. The monoisotopic (exact) mass is 408 g/mol. The highest BCUT2D eigenvalue weighted by atomic mass is 127. The minimum atomic E-state index is -2.67. The number of anilines is 1. The summed E-state index contributed by atoms with van der Waals surface area (Å²) < 4.78 is 23.2. The molecule has 1 N–H and O–H groups in total. The molecule has 1 heterocycles. The van der Waals surface area contributed by atoms with Crippen molar-refractivity contribution >= 4 is 28.3 Å². The molecule has 0 radical (unpaired) electrons. The van der Waals surface area contributed by atoms with Crippen molar-refractivity contribution in [1.29, 1.82) is 0 Å². The third-order valence-corrected chi connectivity index (χ3v) is 4.24. The number of halogens is 3. The van der Waals surface area contributed by atoms with E-state index in [0.717, 1.165) is 24.7 Å². The van der Waals surface area contributed by atoms with Crippen molar-refractivity contribution in [2.24, 2.45) is 5.92 Å². The van der Waals surface area contributed by atoms with Crippen molar-refractivity contribution in [1.82, 2.24) is 4.90 Å². The van der Waals surface area contributed by atoms with E-state index in [2.05, 4.69) is 17.1 Å². The Balaban J connectivity index is 1.73. The Morgan fingerprint density at radius 3 is 2.67 bits per heavy atom. The van der Waals surface area contributed by atoms with Gasteiger partial charge in [0.15, 0.2) is 0 Å². The third-order valence-electron chi connectivity index (χ3n) is 3.86. The molecule has 1 aromatic rings. The highest BCUT2D eigenvalue weighted by molar-refractivity contribution is 14.1. The molecule has 118 valence electrons. The number of alkyl halides is 3. The van der Waals surface area contributed by atoms with Gasteiger partial charge in [0.2, 0.25) is 0 Å². The summed E-state index contributed by atoms with van der Waals surface area (Å²) in [6.45, 7) is 6.62. The number of nitrogens with zero attached hydrogens (tertiary/aromatic N) is 1. The summed E-state index contributed by atoms with van der Waals surface area (Å²) >= 11 is 1.18. The largest absolute Gasteiger partial charge is 0.384 e. The molecular weight excluding hydrogens is 385 g/mol. The maximum absolute atomic E-state index is 12.9. The molecule has 0 spiro atoms. The van der Waals surface area contributed by atoms with E-state index in [1.165, 1.54) is 48.5 Å². The van der Waals surface area contributed by atoms with Gasteiger partial charge in [0.05, 0.1) is 0 Å². The summed E-state index contributed by atoms with van der Waals surface area (Å²) in [5.74, 6) is 0.799. The minimum Gasteiger partial charge on any atom is -0.384 e. The summed E-state index contributed by atoms with van der Waals surface area (Å²) in [5.41, 5.74) is 1.67. The van der Waals surface area contributed by atoms with Crippen LogP contribution in [-0.2, 0) is 6.42 Å². The van der Waals surface area contributed by atoms with Crippen molar-refractivity contribution in [3.63, 3.8) is 0 Å². The highest BCUT2D eigenvalue weighted by Crippen LogP contribution is 2.27. The van der Waals surface area contributed by atoms with Gasteiger partial charge in [-0.3, -0.25) is 0 Å². The van der Waals surface area contributed by atoms with Gasteiger partial charge in [-0.1, -0.05) is 19.1 Å². The fourth-order valence-corrected chi connectivity index (χ4v) is 3.26. The molecule has 2 nitrogen and oxygen atoms in total. The Hall–Kier alpha value is -0.430. The van der Waals surface area contributed by atoms with Crippen LogP contribution in [0.5, 0.6) is 0 Å². The SMILES string of the molecule is C[C@@H]1CCCN(CCNc2ccc(CC(F)(F)I)cc2)C1. The van der Waals surface area contributed by atoms with E-state index >= 15 is 0 Å². The van der Waals surface area contributed by atoms with Gasteiger partial charge in [-0.25, -0.2) is 0 Å². The predicted octanol–water partition coefficient (Wildman–Crippen LogP) is 4.40. The summed E-state index contributed by atoms with van der Waals surface area (Å²) in [6.07, 6.45) is 2.42. The summed E-state index contributed by atoms with van der Waals surface area (Å²) in [6, 6.07) is 7.32. The number of likely N-dealkylation sites (tertiary alicyclic amines) is 1. The van der Waals surface area contributed by atoms with Crippen LogP contribution < -0.4 is 5.32 Å². The van der Waals surface area contributed by atoms with Gasteiger partial charge < -0.3 is 10.2 Å². The van der Waals surface area contributed by atoms with Crippen molar-refractivity contribution in [3.05, 3.63) is 29.8 Å². The maximum Gasteiger partial charge on any atom is 0.300 e. The number of rotatable bonds is 6. The second-order valence-electron chi connectivity index (χ2n) is 5.96. The molecule has 0 saturated carbocycles. The number of piperidine rings is 1. The van der Waals surface area contributed by atoms with E-state index in [1.54, 1.807) is 12.1 Å². The Bertz CT molecular complexity index is 431. The van der Waals surface area contributed by atoms with E-state index in [9.17, 15) is 8.78 Å². The predicted molar refractivity (Wildman–Crippen MR) is 92.4 cm³/mol. The summed E-state index contributed by atoms with van der Waals surface area (Å²) in [7, 11) is 0. The lowest BCUT2D eigenvalue weighted by molar-refractivity contribution is 0.128. The number of nitrogens with one attached hydrogen (secondary N) is 1. The van der Waals surface area contributed by atoms with Crippen molar-refractivity contribution in [2.45, 2.75) is 30.1 Å². The maximum atomic E-state index is 12.9. The lowest BCUT2D eigenvalue weighted by Gasteiger charge is -2.30.